The van der Waals surface area contributed by atoms with E-state index in [0.29, 0.717) is 19.4 Å². The lowest BCUT2D eigenvalue weighted by Gasteiger charge is -2.20. The molecule has 0 bridgehead atoms. The van der Waals surface area contributed by atoms with Gasteiger partial charge in [-0.3, -0.25) is 9.59 Å². The molecule has 3 N–H and O–H groups in total. The predicted molar refractivity (Wildman–Crippen MR) is 250 cm³/mol. The number of hydrogen-bond donors (Lipinski definition) is 3. The average Bonchev–Trinajstić information content (AvgIpc) is 3.22. The van der Waals surface area contributed by atoms with E-state index in [9.17, 15) is 19.8 Å². The lowest BCUT2D eigenvalue weighted by molar-refractivity contribution is -0.143. The highest BCUT2D eigenvalue weighted by Crippen LogP contribution is 2.16. The van der Waals surface area contributed by atoms with Crippen LogP contribution in [0.15, 0.2) is 12.2 Å². The molecule has 2 atom stereocenters. The van der Waals surface area contributed by atoms with Gasteiger partial charge in [-0.05, 0) is 32.1 Å². The van der Waals surface area contributed by atoms with E-state index in [4.69, 9.17) is 4.74 Å². The maximum absolute atomic E-state index is 12.4. The van der Waals surface area contributed by atoms with Crippen molar-refractivity contribution in [2.45, 2.75) is 296 Å². The molecule has 6 nitrogen and oxygen atoms in total. The predicted octanol–water partition coefficient (Wildman–Crippen LogP) is 15.3. The monoisotopic (exact) mass is 820 g/mol. The summed E-state index contributed by atoms with van der Waals surface area (Å²) in [5.74, 6) is -0.120. The number of allylic oxidation sites excluding steroid dienone is 1. The Morgan fingerprint density at radius 3 is 1.17 bits per heavy atom. The molecule has 0 heterocycles. The Hall–Kier alpha value is -1.40. The minimum atomic E-state index is -0.861. The Labute approximate surface area is 361 Å². The zero-order valence-corrected chi connectivity index (χ0v) is 39.0. The number of aliphatic hydroxyl groups is 2. The van der Waals surface area contributed by atoms with Crippen molar-refractivity contribution < 1.29 is 24.5 Å². The molecule has 0 aliphatic heterocycles. The van der Waals surface area contributed by atoms with Crippen LogP contribution in [-0.2, 0) is 14.3 Å². The van der Waals surface area contributed by atoms with Gasteiger partial charge >= 0.3 is 5.97 Å². The van der Waals surface area contributed by atoms with E-state index in [2.05, 4.69) is 19.2 Å². The number of ether oxygens (including phenoxy) is 1. The Balaban J connectivity index is 3.53. The molecular weight excluding hydrogens is 719 g/mol. The fourth-order valence-electron chi connectivity index (χ4n) is 8.05. The molecule has 0 aromatic carbocycles. The van der Waals surface area contributed by atoms with Gasteiger partial charge in [0.1, 0.15) is 0 Å². The van der Waals surface area contributed by atoms with Crippen molar-refractivity contribution in [2.24, 2.45) is 0 Å². The second-order valence-corrected chi connectivity index (χ2v) is 17.9. The third-order valence-electron chi connectivity index (χ3n) is 12.1. The van der Waals surface area contributed by atoms with E-state index in [0.717, 1.165) is 57.8 Å². The van der Waals surface area contributed by atoms with Crippen molar-refractivity contribution in [3.05, 3.63) is 12.2 Å². The topological polar surface area (TPSA) is 95.9 Å². The number of carbonyl (C=O) groups is 2. The van der Waals surface area contributed by atoms with E-state index in [-0.39, 0.29) is 18.5 Å². The zero-order chi connectivity index (χ0) is 42.3. The first-order valence-electron chi connectivity index (χ1n) is 26.0. The first-order valence-corrected chi connectivity index (χ1v) is 26.0. The molecule has 0 radical (unpaired) electrons. The van der Waals surface area contributed by atoms with Crippen LogP contribution in [0, 0.1) is 0 Å². The summed E-state index contributed by atoms with van der Waals surface area (Å²) in [6.45, 7) is 4.85. The number of nitrogens with one attached hydrogen (secondary N) is 1. The number of amides is 1. The summed E-state index contributed by atoms with van der Waals surface area (Å²) < 4.78 is 5.43. The van der Waals surface area contributed by atoms with E-state index in [1.165, 1.54) is 199 Å². The van der Waals surface area contributed by atoms with Gasteiger partial charge < -0.3 is 20.3 Å². The molecule has 344 valence electrons. The molecule has 0 spiro atoms. The highest BCUT2D eigenvalue weighted by atomic mass is 16.5. The van der Waals surface area contributed by atoms with Crippen LogP contribution >= 0.6 is 0 Å². The van der Waals surface area contributed by atoms with Gasteiger partial charge in [-0.15, -0.1) is 0 Å². The highest BCUT2D eigenvalue weighted by molar-refractivity contribution is 5.76. The number of hydrogen-bond acceptors (Lipinski definition) is 5. The standard InChI is InChI=1S/C52H101NO5/c1-3-5-7-9-11-13-15-16-17-18-19-20-21-22-23-24-26-28-32-36-40-44-50(55)49(48-54)53-51(56)45-41-37-33-29-27-31-35-39-43-47-58-52(57)46-42-38-34-30-25-14-12-10-8-6-4-2/h40,44,49-50,54-55H,3-39,41-43,45-48H2,1-2H3,(H,53,56)/b44-40+. The molecule has 58 heavy (non-hydrogen) atoms. The van der Waals surface area contributed by atoms with Crippen molar-refractivity contribution >= 4 is 11.9 Å². The molecule has 0 aliphatic rings. The van der Waals surface area contributed by atoms with Gasteiger partial charge in [-0.2, -0.15) is 0 Å². The molecule has 0 saturated carbocycles. The SMILES string of the molecule is CCCCCCCCCCCCCCCCCCCCC/C=C/C(O)C(CO)NC(=O)CCCCCCCCCCCOC(=O)CCCCCCCCCCCCC. The summed E-state index contributed by atoms with van der Waals surface area (Å²) in [6.07, 6.45) is 55.0. The molecule has 0 aromatic heterocycles. The summed E-state index contributed by atoms with van der Waals surface area (Å²) in [6, 6.07) is -0.647. The third kappa shape index (κ3) is 44.2. The Bertz CT molecular complexity index is 863. The molecule has 1 amide bonds. The Kier molecular flexibility index (Phi) is 47.1. The molecule has 0 aromatic rings. The Morgan fingerprint density at radius 2 is 0.793 bits per heavy atom. The molecule has 0 saturated heterocycles. The maximum atomic E-state index is 12.4. The molecule has 2 unspecified atom stereocenters. The second kappa shape index (κ2) is 48.3. The van der Waals surface area contributed by atoms with Gasteiger partial charge in [-0.1, -0.05) is 251 Å². The van der Waals surface area contributed by atoms with Crippen LogP contribution in [-0.4, -0.2) is 47.4 Å². The minimum Gasteiger partial charge on any atom is -0.466 e. The van der Waals surface area contributed by atoms with Gasteiger partial charge in [0, 0.05) is 12.8 Å². The van der Waals surface area contributed by atoms with E-state index >= 15 is 0 Å². The van der Waals surface area contributed by atoms with Crippen molar-refractivity contribution in [3.8, 4) is 0 Å². The van der Waals surface area contributed by atoms with Gasteiger partial charge in [0.25, 0.3) is 0 Å². The van der Waals surface area contributed by atoms with Gasteiger partial charge in [-0.25, -0.2) is 0 Å². The first-order chi connectivity index (χ1) is 28.5. The molecule has 0 rings (SSSR count). The zero-order valence-electron chi connectivity index (χ0n) is 39.0. The van der Waals surface area contributed by atoms with E-state index in [1.54, 1.807) is 6.08 Å². The number of unbranched alkanes of at least 4 members (excludes halogenated alkanes) is 37. The maximum Gasteiger partial charge on any atom is 0.305 e. The van der Waals surface area contributed by atoms with Crippen molar-refractivity contribution in [1.82, 2.24) is 5.32 Å². The van der Waals surface area contributed by atoms with Crippen LogP contribution in [0.5, 0.6) is 0 Å². The van der Waals surface area contributed by atoms with Crippen LogP contribution in [0.1, 0.15) is 284 Å². The summed E-state index contributed by atoms with van der Waals surface area (Å²) in [5, 5.41) is 23.1. The lowest BCUT2D eigenvalue weighted by atomic mass is 10.0. The smallest absolute Gasteiger partial charge is 0.305 e. The first kappa shape index (κ1) is 56.6. The second-order valence-electron chi connectivity index (χ2n) is 17.9. The van der Waals surface area contributed by atoms with Crippen LogP contribution in [0.4, 0.5) is 0 Å². The fourth-order valence-corrected chi connectivity index (χ4v) is 8.05. The number of carbonyl (C=O) groups excluding carboxylic acids is 2. The summed E-state index contributed by atoms with van der Waals surface area (Å²) in [4.78, 5) is 24.4. The average molecular weight is 820 g/mol. The van der Waals surface area contributed by atoms with Crippen molar-refractivity contribution in [3.63, 3.8) is 0 Å². The molecular formula is C52H101NO5. The quantitative estimate of drug-likeness (QED) is 0.0323. The molecule has 6 heteroatoms. The number of aliphatic hydroxyl groups excluding tert-OH is 2. The number of esters is 1. The van der Waals surface area contributed by atoms with Crippen LogP contribution in [0.25, 0.3) is 0 Å². The van der Waals surface area contributed by atoms with E-state index < -0.39 is 12.1 Å². The minimum absolute atomic E-state index is 0.0270. The van der Waals surface area contributed by atoms with Crippen molar-refractivity contribution in [2.75, 3.05) is 13.2 Å². The molecule has 0 fully saturated rings. The van der Waals surface area contributed by atoms with E-state index in [1.807, 2.05) is 6.08 Å². The van der Waals surface area contributed by atoms with Gasteiger partial charge in [0.2, 0.25) is 5.91 Å². The lowest BCUT2D eigenvalue weighted by Crippen LogP contribution is -2.45. The van der Waals surface area contributed by atoms with Gasteiger partial charge in [0.15, 0.2) is 0 Å². The fraction of sp³-hybridized carbons (Fsp3) is 0.923. The summed E-state index contributed by atoms with van der Waals surface area (Å²) >= 11 is 0. The van der Waals surface area contributed by atoms with Crippen LogP contribution in [0.2, 0.25) is 0 Å². The van der Waals surface area contributed by atoms with Crippen molar-refractivity contribution in [1.29, 1.82) is 0 Å². The summed E-state index contributed by atoms with van der Waals surface area (Å²) in [7, 11) is 0. The molecule has 0 aliphatic carbocycles. The Morgan fingerprint density at radius 1 is 0.466 bits per heavy atom. The highest BCUT2D eigenvalue weighted by Gasteiger charge is 2.18. The summed E-state index contributed by atoms with van der Waals surface area (Å²) in [5.41, 5.74) is 0. The van der Waals surface area contributed by atoms with Crippen LogP contribution < -0.4 is 5.32 Å². The third-order valence-corrected chi connectivity index (χ3v) is 12.1. The number of rotatable bonds is 48. The van der Waals surface area contributed by atoms with Gasteiger partial charge in [0.05, 0.1) is 25.4 Å². The largest absolute Gasteiger partial charge is 0.466 e. The van der Waals surface area contributed by atoms with Crippen LogP contribution in [0.3, 0.4) is 0 Å². The normalized spacial score (nSPS) is 12.7.